The van der Waals surface area contributed by atoms with Gasteiger partial charge in [0.1, 0.15) is 0 Å². The van der Waals surface area contributed by atoms with E-state index in [4.69, 9.17) is 0 Å². The van der Waals surface area contributed by atoms with Gasteiger partial charge in [0, 0.05) is 4.83 Å². The molecular formula is C20H25Br. The van der Waals surface area contributed by atoms with Gasteiger partial charge in [0.15, 0.2) is 0 Å². The van der Waals surface area contributed by atoms with Crippen LogP contribution in [0.3, 0.4) is 0 Å². The topological polar surface area (TPSA) is 0 Å². The SMILES string of the molecule is Cc1ccc2ccccc2c1C(Br)C1CCCCC1(C)C. The molecule has 0 aliphatic heterocycles. The largest absolute Gasteiger partial charge is 0.0835 e. The predicted octanol–water partition coefficient (Wildman–Crippen LogP) is 6.80. The van der Waals surface area contributed by atoms with Crippen LogP contribution in [0.15, 0.2) is 36.4 Å². The molecule has 21 heavy (non-hydrogen) atoms. The second kappa shape index (κ2) is 5.76. The second-order valence-electron chi connectivity index (χ2n) is 7.26. The lowest BCUT2D eigenvalue weighted by atomic mass is 9.66. The van der Waals surface area contributed by atoms with E-state index in [1.54, 1.807) is 0 Å². The molecule has 112 valence electrons. The Labute approximate surface area is 137 Å². The lowest BCUT2D eigenvalue weighted by molar-refractivity contribution is 0.137. The van der Waals surface area contributed by atoms with Gasteiger partial charge in [0.2, 0.25) is 0 Å². The predicted molar refractivity (Wildman–Crippen MR) is 96.1 cm³/mol. The van der Waals surface area contributed by atoms with Gasteiger partial charge in [-0.15, -0.1) is 0 Å². The third-order valence-corrected chi connectivity index (χ3v) is 6.50. The number of hydrogen-bond donors (Lipinski definition) is 0. The minimum absolute atomic E-state index is 0.426. The molecule has 0 saturated heterocycles. The number of benzene rings is 2. The molecule has 3 rings (SSSR count). The third kappa shape index (κ3) is 2.77. The molecule has 0 N–H and O–H groups in total. The number of halogens is 1. The maximum Gasteiger partial charge on any atom is 0.0437 e. The molecule has 1 heteroatoms. The summed E-state index contributed by atoms with van der Waals surface area (Å²) in [5.74, 6) is 0.718. The van der Waals surface area contributed by atoms with Crippen molar-refractivity contribution in [3.63, 3.8) is 0 Å². The van der Waals surface area contributed by atoms with Crippen molar-refractivity contribution < 1.29 is 0 Å². The summed E-state index contributed by atoms with van der Waals surface area (Å²) in [7, 11) is 0. The Bertz CT molecular complexity index is 641. The Hall–Kier alpha value is -0.820. The van der Waals surface area contributed by atoms with Crippen molar-refractivity contribution in [3.8, 4) is 0 Å². The summed E-state index contributed by atoms with van der Waals surface area (Å²) in [5.41, 5.74) is 3.35. The molecule has 1 saturated carbocycles. The summed E-state index contributed by atoms with van der Waals surface area (Å²) < 4.78 is 0. The molecule has 1 fully saturated rings. The zero-order valence-electron chi connectivity index (χ0n) is 13.3. The molecule has 0 aromatic heterocycles. The van der Waals surface area contributed by atoms with Gasteiger partial charge in [0.05, 0.1) is 0 Å². The lowest BCUT2D eigenvalue weighted by Gasteiger charge is -2.42. The molecule has 0 amide bonds. The summed E-state index contributed by atoms with van der Waals surface area (Å²) in [6.07, 6.45) is 5.45. The van der Waals surface area contributed by atoms with Gasteiger partial charge in [-0.1, -0.05) is 79.0 Å². The van der Waals surface area contributed by atoms with Crippen LogP contribution in [-0.2, 0) is 0 Å². The average Bonchev–Trinajstić information content (AvgIpc) is 2.46. The van der Waals surface area contributed by atoms with E-state index in [2.05, 4.69) is 73.1 Å². The Kier molecular flexibility index (Phi) is 4.14. The minimum Gasteiger partial charge on any atom is -0.0835 e. The van der Waals surface area contributed by atoms with Crippen LogP contribution in [0, 0.1) is 18.3 Å². The first-order valence-corrected chi connectivity index (χ1v) is 9.04. The molecule has 1 aliphatic carbocycles. The van der Waals surface area contributed by atoms with Crippen molar-refractivity contribution in [2.45, 2.75) is 51.3 Å². The van der Waals surface area contributed by atoms with Crippen LogP contribution in [0.4, 0.5) is 0 Å². The molecular weight excluding hydrogens is 320 g/mol. The van der Waals surface area contributed by atoms with Crippen molar-refractivity contribution >= 4 is 26.7 Å². The van der Waals surface area contributed by atoms with Gasteiger partial charge in [-0.2, -0.15) is 0 Å². The van der Waals surface area contributed by atoms with E-state index in [1.165, 1.54) is 47.6 Å². The molecule has 0 bridgehead atoms. The van der Waals surface area contributed by atoms with E-state index in [0.29, 0.717) is 10.2 Å². The van der Waals surface area contributed by atoms with Crippen LogP contribution in [0.2, 0.25) is 0 Å². The summed E-state index contributed by atoms with van der Waals surface area (Å²) in [5, 5.41) is 2.77. The average molecular weight is 345 g/mol. The maximum atomic E-state index is 4.10. The first-order valence-electron chi connectivity index (χ1n) is 8.13. The highest BCUT2D eigenvalue weighted by Crippen LogP contribution is 2.51. The van der Waals surface area contributed by atoms with Crippen LogP contribution >= 0.6 is 15.9 Å². The molecule has 0 spiro atoms. The van der Waals surface area contributed by atoms with E-state index in [-0.39, 0.29) is 0 Å². The van der Waals surface area contributed by atoms with Crippen LogP contribution < -0.4 is 0 Å². The van der Waals surface area contributed by atoms with E-state index in [0.717, 1.165) is 5.92 Å². The zero-order chi connectivity index (χ0) is 15.0. The van der Waals surface area contributed by atoms with Crippen molar-refractivity contribution in [1.82, 2.24) is 0 Å². The highest BCUT2D eigenvalue weighted by Gasteiger charge is 2.37. The monoisotopic (exact) mass is 344 g/mol. The second-order valence-corrected chi connectivity index (χ2v) is 8.25. The van der Waals surface area contributed by atoms with E-state index < -0.39 is 0 Å². The zero-order valence-corrected chi connectivity index (χ0v) is 14.9. The summed E-state index contributed by atoms with van der Waals surface area (Å²) in [6.45, 7) is 7.16. The summed E-state index contributed by atoms with van der Waals surface area (Å²) in [4.78, 5) is 0.457. The third-order valence-electron chi connectivity index (χ3n) is 5.41. The van der Waals surface area contributed by atoms with Gasteiger partial charge in [0.25, 0.3) is 0 Å². The van der Waals surface area contributed by atoms with Gasteiger partial charge >= 0.3 is 0 Å². The fourth-order valence-corrected chi connectivity index (χ4v) is 5.62. The first-order chi connectivity index (χ1) is 10.0. The Morgan fingerprint density at radius 3 is 2.62 bits per heavy atom. The van der Waals surface area contributed by atoms with Crippen molar-refractivity contribution in [1.29, 1.82) is 0 Å². The molecule has 0 radical (unpaired) electrons. The maximum absolute atomic E-state index is 4.10. The highest BCUT2D eigenvalue weighted by atomic mass is 79.9. The van der Waals surface area contributed by atoms with Gasteiger partial charge in [-0.25, -0.2) is 0 Å². The number of alkyl halides is 1. The van der Waals surface area contributed by atoms with Crippen molar-refractivity contribution in [3.05, 3.63) is 47.5 Å². The van der Waals surface area contributed by atoms with Gasteiger partial charge in [-0.05, 0) is 53.0 Å². The van der Waals surface area contributed by atoms with E-state index in [1.807, 2.05) is 0 Å². The fourth-order valence-electron chi connectivity index (χ4n) is 4.04. The van der Waals surface area contributed by atoms with Gasteiger partial charge < -0.3 is 0 Å². The van der Waals surface area contributed by atoms with Crippen LogP contribution in [0.25, 0.3) is 10.8 Å². The summed E-state index contributed by atoms with van der Waals surface area (Å²) in [6, 6.07) is 13.3. The van der Waals surface area contributed by atoms with Crippen LogP contribution in [0.5, 0.6) is 0 Å². The Morgan fingerprint density at radius 1 is 1.10 bits per heavy atom. The number of aryl methyl sites for hydroxylation is 1. The number of rotatable bonds is 2. The Morgan fingerprint density at radius 2 is 1.86 bits per heavy atom. The smallest absolute Gasteiger partial charge is 0.0437 e. The fraction of sp³-hybridized carbons (Fsp3) is 0.500. The lowest BCUT2D eigenvalue weighted by Crippen LogP contribution is -2.31. The number of fused-ring (bicyclic) bond motifs is 1. The normalized spacial score (nSPS) is 23.1. The van der Waals surface area contributed by atoms with E-state index >= 15 is 0 Å². The number of hydrogen-bond acceptors (Lipinski definition) is 0. The van der Waals surface area contributed by atoms with Crippen LogP contribution in [-0.4, -0.2) is 0 Å². The first kappa shape index (κ1) is 15.1. The molecule has 1 aliphatic rings. The van der Waals surface area contributed by atoms with Crippen LogP contribution in [0.1, 0.15) is 55.5 Å². The highest BCUT2D eigenvalue weighted by molar-refractivity contribution is 9.09. The molecule has 2 atom stereocenters. The molecule has 2 aromatic rings. The molecule has 0 nitrogen and oxygen atoms in total. The molecule has 2 unspecified atom stereocenters. The minimum atomic E-state index is 0.426. The standard InChI is InChI=1S/C20H25Br/c1-14-11-12-15-8-4-5-9-16(15)18(14)19(21)17-10-6-7-13-20(17,2)3/h4-5,8-9,11-12,17,19H,6-7,10,13H2,1-3H3. The Balaban J connectivity index is 2.09. The molecule has 2 aromatic carbocycles. The molecule has 0 heterocycles. The van der Waals surface area contributed by atoms with E-state index in [9.17, 15) is 0 Å². The van der Waals surface area contributed by atoms with Crippen molar-refractivity contribution in [2.75, 3.05) is 0 Å². The summed E-state index contributed by atoms with van der Waals surface area (Å²) >= 11 is 4.10. The van der Waals surface area contributed by atoms with Crippen molar-refractivity contribution in [2.24, 2.45) is 11.3 Å². The quantitative estimate of drug-likeness (QED) is 0.525. The van der Waals surface area contributed by atoms with Gasteiger partial charge in [-0.3, -0.25) is 0 Å².